The summed E-state index contributed by atoms with van der Waals surface area (Å²) in [4.78, 5) is 14.2. The molecule has 1 aliphatic carbocycles. The molecule has 0 unspecified atom stereocenters. The second-order valence-corrected chi connectivity index (χ2v) is 8.73. The Kier molecular flexibility index (Phi) is 5.87. The average molecular weight is 484 g/mol. The monoisotopic (exact) mass is 483 g/mol. The Morgan fingerprint density at radius 2 is 1.81 bits per heavy atom. The van der Waals surface area contributed by atoms with Crippen molar-refractivity contribution in [3.63, 3.8) is 0 Å². The van der Waals surface area contributed by atoms with E-state index in [1.54, 1.807) is 18.5 Å². The van der Waals surface area contributed by atoms with Crippen LogP contribution >= 0.6 is 0 Å². The number of hydrogen-bond donors (Lipinski definition) is 1. The minimum Gasteiger partial charge on any atom is -0.381 e. The first-order valence-electron chi connectivity index (χ1n) is 11.9. The van der Waals surface area contributed by atoms with Crippen LogP contribution < -0.4 is 10.7 Å². The number of para-hydroxylation sites is 2. The minimum atomic E-state index is -0.906. The van der Waals surface area contributed by atoms with Crippen molar-refractivity contribution in [1.82, 2.24) is 14.5 Å². The lowest BCUT2D eigenvalue weighted by atomic mass is 10.1. The molecule has 2 aliphatic heterocycles. The fraction of sp³-hybridized carbons (Fsp3) is 0.179. The summed E-state index contributed by atoms with van der Waals surface area (Å²) in [5.74, 6) is -1.80. The van der Waals surface area contributed by atoms with E-state index in [2.05, 4.69) is 10.3 Å². The first-order valence-corrected chi connectivity index (χ1v) is 11.9. The summed E-state index contributed by atoms with van der Waals surface area (Å²) in [6.07, 6.45) is 5.14. The number of pyridine rings is 1. The van der Waals surface area contributed by atoms with E-state index >= 15 is 0 Å². The number of nitrogens with one attached hydrogen (secondary N) is 1. The number of fused-ring (bicyclic) bond motifs is 2. The van der Waals surface area contributed by atoms with Crippen LogP contribution in [0.25, 0.3) is 28.1 Å². The summed E-state index contributed by atoms with van der Waals surface area (Å²) < 4.78 is 35.5. The number of rotatable bonds is 4. The maximum Gasteiger partial charge on any atom is 0.160 e. The van der Waals surface area contributed by atoms with Gasteiger partial charge in [0.2, 0.25) is 0 Å². The number of halogens is 2. The molecule has 180 valence electrons. The van der Waals surface area contributed by atoms with E-state index < -0.39 is 11.6 Å². The highest BCUT2D eigenvalue weighted by molar-refractivity contribution is 5.84. The lowest BCUT2D eigenvalue weighted by Crippen LogP contribution is -2.23. The van der Waals surface area contributed by atoms with Gasteiger partial charge in [0.25, 0.3) is 0 Å². The van der Waals surface area contributed by atoms with Crippen LogP contribution in [0.15, 0.2) is 84.1 Å². The molecular weight excluding hydrogens is 460 g/mol. The summed E-state index contributed by atoms with van der Waals surface area (Å²) >= 11 is 0. The maximum atomic E-state index is 14.3. The number of benzene rings is 3. The van der Waals surface area contributed by atoms with E-state index in [1.807, 2.05) is 53.1 Å². The number of anilines is 2. The number of hydrogen-bond acceptors (Lipinski definition) is 5. The van der Waals surface area contributed by atoms with Crippen molar-refractivity contribution in [2.75, 3.05) is 18.5 Å². The predicted molar refractivity (Wildman–Crippen MR) is 135 cm³/mol. The summed E-state index contributed by atoms with van der Waals surface area (Å²) in [7, 11) is 0. The van der Waals surface area contributed by atoms with E-state index in [0.717, 1.165) is 52.4 Å². The molecule has 1 fully saturated rings. The molecule has 0 bridgehead atoms. The number of ether oxygens (including phenoxy) is 1. The van der Waals surface area contributed by atoms with Gasteiger partial charge < -0.3 is 14.6 Å². The molecule has 1 aromatic heterocycles. The largest absolute Gasteiger partial charge is 0.381 e. The molecule has 1 N–H and O–H groups in total. The minimum absolute atomic E-state index is 0.121. The van der Waals surface area contributed by atoms with E-state index in [0.29, 0.717) is 24.6 Å². The van der Waals surface area contributed by atoms with Crippen LogP contribution in [-0.2, 0) is 4.74 Å². The van der Waals surface area contributed by atoms with Gasteiger partial charge in [0.1, 0.15) is 0 Å². The van der Waals surface area contributed by atoms with Gasteiger partial charge in [-0.25, -0.2) is 13.8 Å². The Hall–Kier alpha value is -4.17. The molecule has 0 amide bonds. The molecule has 3 aromatic rings. The van der Waals surface area contributed by atoms with Gasteiger partial charge in [-0.3, -0.25) is 9.98 Å². The smallest absolute Gasteiger partial charge is 0.160 e. The van der Waals surface area contributed by atoms with Gasteiger partial charge in [0.05, 0.1) is 51.4 Å². The van der Waals surface area contributed by atoms with E-state index in [1.165, 1.54) is 6.07 Å². The van der Waals surface area contributed by atoms with Gasteiger partial charge in [-0.1, -0.05) is 12.1 Å². The molecule has 36 heavy (non-hydrogen) atoms. The third-order valence-electron chi connectivity index (χ3n) is 6.31. The molecule has 6 rings (SSSR count). The normalized spacial score (nSPS) is 15.0. The summed E-state index contributed by atoms with van der Waals surface area (Å²) in [6, 6.07) is 19.4. The Balaban J connectivity index is 1.63. The molecule has 8 heteroatoms. The van der Waals surface area contributed by atoms with Crippen LogP contribution in [0, 0.1) is 11.6 Å². The Labute approximate surface area is 206 Å². The molecule has 0 spiro atoms. The van der Waals surface area contributed by atoms with Crippen molar-refractivity contribution in [3.05, 3.63) is 96.1 Å². The second kappa shape index (κ2) is 9.47. The Morgan fingerprint density at radius 3 is 2.61 bits per heavy atom. The zero-order valence-electron chi connectivity index (χ0n) is 19.4. The van der Waals surface area contributed by atoms with Gasteiger partial charge >= 0.3 is 0 Å². The van der Waals surface area contributed by atoms with Crippen LogP contribution in [0.2, 0.25) is 0 Å². The van der Waals surface area contributed by atoms with Crippen molar-refractivity contribution in [2.24, 2.45) is 4.99 Å². The van der Waals surface area contributed by atoms with Crippen molar-refractivity contribution in [3.8, 4) is 17.1 Å². The molecule has 1 saturated heterocycles. The number of aromatic nitrogens is 3. The predicted octanol–water partition coefficient (Wildman–Crippen LogP) is 5.63. The van der Waals surface area contributed by atoms with E-state index in [4.69, 9.17) is 14.7 Å². The zero-order valence-corrected chi connectivity index (χ0v) is 19.4. The van der Waals surface area contributed by atoms with Crippen molar-refractivity contribution in [2.45, 2.75) is 18.9 Å². The second-order valence-electron chi connectivity index (χ2n) is 8.73. The van der Waals surface area contributed by atoms with Crippen LogP contribution in [0.4, 0.5) is 20.2 Å². The number of nitrogens with zero attached hydrogens (tertiary/aromatic N) is 4. The first-order chi connectivity index (χ1) is 17.7. The van der Waals surface area contributed by atoms with Crippen molar-refractivity contribution in [1.29, 1.82) is 0 Å². The zero-order chi connectivity index (χ0) is 24.5. The van der Waals surface area contributed by atoms with E-state index in [9.17, 15) is 8.78 Å². The Bertz CT molecular complexity index is 1580. The average Bonchev–Trinajstić information content (AvgIpc) is 2.91. The topological polar surface area (TPSA) is 64.3 Å². The third-order valence-corrected chi connectivity index (χ3v) is 6.31. The lowest BCUT2D eigenvalue weighted by molar-refractivity contribution is 0.0864. The summed E-state index contributed by atoms with van der Waals surface area (Å²) in [5.41, 5.74) is 5.06. The molecule has 3 heterocycles. The molecule has 0 radical (unpaired) electrons. The standard InChI is InChI=1S/C28H23F2N5O/c29-21-8-7-20(14-22(21)30)35-27-6-2-1-5-23(27)34-26-15-24(33-19-4-3-11-31-17-19)25(16-28(26)35)32-18-9-12-36-13-10-18/h1-8,11,14-18,33H,9-10,12-13H2/b32-25+. The first kappa shape index (κ1) is 22.3. The summed E-state index contributed by atoms with van der Waals surface area (Å²) in [6.45, 7) is 1.35. The van der Waals surface area contributed by atoms with Crippen LogP contribution in [0.5, 0.6) is 0 Å². The van der Waals surface area contributed by atoms with Crippen molar-refractivity contribution < 1.29 is 13.5 Å². The van der Waals surface area contributed by atoms with Crippen LogP contribution in [0.3, 0.4) is 0 Å². The molecule has 0 saturated carbocycles. The van der Waals surface area contributed by atoms with E-state index in [-0.39, 0.29) is 6.04 Å². The van der Waals surface area contributed by atoms with Gasteiger partial charge in [0.15, 0.2) is 11.6 Å². The SMILES string of the molecule is Fc1ccc(-n2c3c/c(=N\C4CCOCC4)c(Nc4cccnc4)cc-3nc3ccccc32)cc1F. The molecule has 6 nitrogen and oxygen atoms in total. The molecule has 3 aliphatic rings. The van der Waals surface area contributed by atoms with Gasteiger partial charge in [-0.15, -0.1) is 0 Å². The lowest BCUT2D eigenvalue weighted by Gasteiger charge is -2.22. The molecule has 2 aromatic carbocycles. The Morgan fingerprint density at radius 1 is 0.944 bits per heavy atom. The van der Waals surface area contributed by atoms with Crippen LogP contribution in [0.1, 0.15) is 12.8 Å². The molecular formula is C28H23F2N5O. The van der Waals surface area contributed by atoms with Crippen molar-refractivity contribution >= 4 is 22.4 Å². The van der Waals surface area contributed by atoms with Gasteiger partial charge in [0, 0.05) is 31.2 Å². The van der Waals surface area contributed by atoms with Gasteiger partial charge in [-0.2, -0.15) is 0 Å². The fourth-order valence-corrected chi connectivity index (χ4v) is 4.55. The quantitative estimate of drug-likeness (QED) is 0.337. The third kappa shape index (κ3) is 4.31. The highest BCUT2D eigenvalue weighted by Crippen LogP contribution is 2.31. The fourth-order valence-electron chi connectivity index (χ4n) is 4.55. The van der Waals surface area contributed by atoms with Crippen LogP contribution in [-0.4, -0.2) is 33.8 Å². The molecule has 0 atom stereocenters. The maximum absolute atomic E-state index is 14.3. The highest BCUT2D eigenvalue weighted by Gasteiger charge is 2.19. The highest BCUT2D eigenvalue weighted by atomic mass is 19.2. The summed E-state index contributed by atoms with van der Waals surface area (Å²) in [5, 5.41) is 4.19. The van der Waals surface area contributed by atoms with Gasteiger partial charge in [-0.05, 0) is 61.4 Å².